The standard InChI is InChI=1S/C47H95S/c1-3-5-7-9-11-13-15-17-19-21-23-25-27-29-31-33-35-37-39-41-43-45-47-48-46-44-42-40-38-36-34-32-30-28-26-24-22-20-18-16-14-12-10-8-6-4-2/h47H,3-46H2,1-2H3. The SMILES string of the molecule is CCCCCCCCCCCCCCCCCCCCCCC[CH]SCCCCCCCCCCCCCCCCCCCCCCC. The van der Waals surface area contributed by atoms with Gasteiger partial charge >= 0.3 is 0 Å². The maximum atomic E-state index is 2.52. The van der Waals surface area contributed by atoms with Crippen LogP contribution in [0.1, 0.15) is 290 Å². The largest absolute Gasteiger partial charge is 0.157 e. The minimum Gasteiger partial charge on any atom is -0.157 e. The average molecular weight is 692 g/mol. The van der Waals surface area contributed by atoms with Gasteiger partial charge in [0.15, 0.2) is 0 Å². The number of unbranched alkanes of at least 4 members (excludes halogenated alkanes) is 41. The summed E-state index contributed by atoms with van der Waals surface area (Å²) in [5.41, 5.74) is 0. The van der Waals surface area contributed by atoms with E-state index in [1.54, 1.807) is 0 Å². The molecule has 0 fully saturated rings. The average Bonchev–Trinajstić information content (AvgIpc) is 3.10. The molecule has 0 saturated heterocycles. The van der Waals surface area contributed by atoms with Gasteiger partial charge in [0.2, 0.25) is 0 Å². The van der Waals surface area contributed by atoms with E-state index in [-0.39, 0.29) is 0 Å². The maximum Gasteiger partial charge on any atom is 0.0166 e. The summed E-state index contributed by atoms with van der Waals surface area (Å²) in [5, 5.41) is 0. The lowest BCUT2D eigenvalue weighted by molar-refractivity contribution is 0.520. The van der Waals surface area contributed by atoms with Gasteiger partial charge in [-0.3, -0.25) is 0 Å². The third-order valence-electron chi connectivity index (χ3n) is 10.9. The van der Waals surface area contributed by atoms with Gasteiger partial charge in [0.05, 0.1) is 0 Å². The Bertz CT molecular complexity index is 469. The molecule has 0 spiro atoms. The minimum atomic E-state index is 1.34. The molecule has 0 amide bonds. The van der Waals surface area contributed by atoms with Crippen molar-refractivity contribution in [2.45, 2.75) is 290 Å². The van der Waals surface area contributed by atoms with Gasteiger partial charge in [0.1, 0.15) is 0 Å². The molecule has 0 aliphatic carbocycles. The lowest BCUT2D eigenvalue weighted by Gasteiger charge is -2.05. The molecule has 0 aromatic heterocycles. The highest BCUT2D eigenvalue weighted by molar-refractivity contribution is 8.01. The van der Waals surface area contributed by atoms with E-state index in [0.717, 1.165) is 0 Å². The van der Waals surface area contributed by atoms with Crippen molar-refractivity contribution >= 4 is 11.8 Å². The molecule has 0 rings (SSSR count). The quantitative estimate of drug-likeness (QED) is 0.0573. The van der Waals surface area contributed by atoms with E-state index in [9.17, 15) is 0 Å². The molecule has 0 bridgehead atoms. The summed E-state index contributed by atoms with van der Waals surface area (Å²) in [6, 6.07) is 0. The number of rotatable bonds is 45. The van der Waals surface area contributed by atoms with E-state index in [1.165, 1.54) is 282 Å². The molecule has 0 unspecified atom stereocenters. The summed E-state index contributed by atoms with van der Waals surface area (Å²) < 4.78 is 0. The number of hydrogen-bond acceptors (Lipinski definition) is 1. The van der Waals surface area contributed by atoms with E-state index in [4.69, 9.17) is 0 Å². The maximum absolute atomic E-state index is 2.52. The van der Waals surface area contributed by atoms with Crippen molar-refractivity contribution in [3.63, 3.8) is 0 Å². The first-order chi connectivity index (χ1) is 23.9. The molecule has 289 valence electrons. The second-order valence-electron chi connectivity index (χ2n) is 16.0. The third-order valence-corrected chi connectivity index (χ3v) is 11.9. The second kappa shape index (κ2) is 47.4. The van der Waals surface area contributed by atoms with E-state index in [1.807, 2.05) is 0 Å². The van der Waals surface area contributed by atoms with Crippen molar-refractivity contribution in [2.24, 2.45) is 0 Å². The Balaban J connectivity index is 3.04. The molecular formula is C47H95S. The highest BCUT2D eigenvalue weighted by Gasteiger charge is 1.98. The molecule has 0 aliphatic heterocycles. The van der Waals surface area contributed by atoms with Crippen LogP contribution in [0.25, 0.3) is 0 Å². The molecule has 0 aromatic carbocycles. The van der Waals surface area contributed by atoms with Crippen LogP contribution in [0.15, 0.2) is 0 Å². The van der Waals surface area contributed by atoms with E-state index >= 15 is 0 Å². The lowest BCUT2D eigenvalue weighted by atomic mass is 10.0. The smallest absolute Gasteiger partial charge is 0.0166 e. The minimum absolute atomic E-state index is 1.34. The zero-order valence-electron chi connectivity index (χ0n) is 34.1. The molecule has 0 heterocycles. The first kappa shape index (κ1) is 48.3. The monoisotopic (exact) mass is 692 g/mol. The first-order valence-electron chi connectivity index (χ1n) is 23.3. The Morgan fingerprint density at radius 3 is 0.646 bits per heavy atom. The van der Waals surface area contributed by atoms with Gasteiger partial charge in [-0.2, -0.15) is 11.8 Å². The third kappa shape index (κ3) is 46.4. The van der Waals surface area contributed by atoms with Gasteiger partial charge in [-0.25, -0.2) is 0 Å². The molecule has 0 aliphatic rings. The predicted molar refractivity (Wildman–Crippen MR) is 227 cm³/mol. The molecule has 0 saturated carbocycles. The Morgan fingerprint density at radius 2 is 0.417 bits per heavy atom. The molecular weight excluding hydrogens is 597 g/mol. The first-order valence-corrected chi connectivity index (χ1v) is 24.4. The van der Waals surface area contributed by atoms with Crippen LogP contribution in [-0.2, 0) is 0 Å². The normalized spacial score (nSPS) is 11.6. The van der Waals surface area contributed by atoms with E-state index in [2.05, 4.69) is 31.4 Å². The molecule has 0 N–H and O–H groups in total. The van der Waals surface area contributed by atoms with Crippen molar-refractivity contribution in [1.29, 1.82) is 0 Å². The zero-order chi connectivity index (χ0) is 34.5. The summed E-state index contributed by atoms with van der Waals surface area (Å²) >= 11 is 2.11. The Kier molecular flexibility index (Phi) is 47.7. The van der Waals surface area contributed by atoms with Gasteiger partial charge in [-0.05, 0) is 18.6 Å². The van der Waals surface area contributed by atoms with Gasteiger partial charge < -0.3 is 0 Å². The fourth-order valence-electron chi connectivity index (χ4n) is 7.44. The van der Waals surface area contributed by atoms with Crippen LogP contribution in [0.2, 0.25) is 0 Å². The lowest BCUT2D eigenvalue weighted by Crippen LogP contribution is -1.85. The van der Waals surface area contributed by atoms with Crippen molar-refractivity contribution < 1.29 is 0 Å². The fraction of sp³-hybridized carbons (Fsp3) is 0.979. The van der Waals surface area contributed by atoms with Crippen LogP contribution < -0.4 is 0 Å². The summed E-state index contributed by atoms with van der Waals surface area (Å²) in [7, 11) is 0. The van der Waals surface area contributed by atoms with Crippen LogP contribution in [0.3, 0.4) is 0 Å². The van der Waals surface area contributed by atoms with Gasteiger partial charge in [-0.1, -0.05) is 277 Å². The Morgan fingerprint density at radius 1 is 0.229 bits per heavy atom. The van der Waals surface area contributed by atoms with Crippen LogP contribution in [0.5, 0.6) is 0 Å². The van der Waals surface area contributed by atoms with E-state index < -0.39 is 0 Å². The van der Waals surface area contributed by atoms with Crippen LogP contribution in [0.4, 0.5) is 0 Å². The molecule has 1 heteroatoms. The summed E-state index contributed by atoms with van der Waals surface area (Å²) in [4.78, 5) is 0. The van der Waals surface area contributed by atoms with Crippen LogP contribution in [-0.4, -0.2) is 5.75 Å². The summed E-state index contributed by atoms with van der Waals surface area (Å²) in [5.74, 6) is 3.88. The van der Waals surface area contributed by atoms with E-state index in [0.29, 0.717) is 0 Å². The number of hydrogen-bond donors (Lipinski definition) is 0. The number of thioether (sulfide) groups is 1. The molecule has 0 nitrogen and oxygen atoms in total. The van der Waals surface area contributed by atoms with Crippen molar-refractivity contribution in [2.75, 3.05) is 5.75 Å². The van der Waals surface area contributed by atoms with Crippen LogP contribution in [0, 0.1) is 5.75 Å². The summed E-state index contributed by atoms with van der Waals surface area (Å²) in [6.45, 7) is 4.62. The second-order valence-corrected chi connectivity index (χ2v) is 17.0. The molecule has 48 heavy (non-hydrogen) atoms. The Hall–Kier alpha value is 0.350. The van der Waals surface area contributed by atoms with Crippen molar-refractivity contribution in [3.05, 3.63) is 5.75 Å². The highest BCUT2D eigenvalue weighted by Crippen LogP contribution is 2.19. The van der Waals surface area contributed by atoms with Crippen molar-refractivity contribution in [3.8, 4) is 0 Å². The highest BCUT2D eigenvalue weighted by atomic mass is 32.2. The van der Waals surface area contributed by atoms with Gasteiger partial charge in [0.25, 0.3) is 0 Å². The summed E-state index contributed by atoms with van der Waals surface area (Å²) in [6.07, 6.45) is 63.2. The van der Waals surface area contributed by atoms with Gasteiger partial charge in [-0.15, -0.1) is 0 Å². The van der Waals surface area contributed by atoms with Crippen LogP contribution >= 0.6 is 11.8 Å². The fourth-order valence-corrected chi connectivity index (χ4v) is 8.31. The molecule has 1 radical (unpaired) electrons. The Labute approximate surface area is 312 Å². The molecule has 0 aromatic rings. The zero-order valence-corrected chi connectivity index (χ0v) is 34.9. The topological polar surface area (TPSA) is 0 Å². The van der Waals surface area contributed by atoms with Crippen molar-refractivity contribution in [1.82, 2.24) is 0 Å². The van der Waals surface area contributed by atoms with Gasteiger partial charge in [0, 0.05) is 5.75 Å². The molecule has 0 atom stereocenters. The predicted octanol–water partition coefficient (Wildman–Crippen LogP) is 18.7.